The fourth-order valence-electron chi connectivity index (χ4n) is 3.02. The molecule has 0 aliphatic heterocycles. The van der Waals surface area contributed by atoms with Crippen LogP contribution < -0.4 is 15.4 Å². The Morgan fingerprint density at radius 3 is 2.15 bits per heavy atom. The van der Waals surface area contributed by atoms with Gasteiger partial charge in [0.25, 0.3) is 11.8 Å². The minimum absolute atomic E-state index is 0.165. The van der Waals surface area contributed by atoms with Gasteiger partial charge < -0.3 is 20.1 Å². The third kappa shape index (κ3) is 7.50. The monoisotopic (exact) mass is 446 g/mol. The molecule has 33 heavy (non-hydrogen) atoms. The Bertz CT molecular complexity index is 1060. The summed E-state index contributed by atoms with van der Waals surface area (Å²) in [6, 6.07) is 22.9. The van der Waals surface area contributed by atoms with Crippen LogP contribution in [0, 0.1) is 0 Å². The molecular weight excluding hydrogens is 420 g/mol. The van der Waals surface area contributed by atoms with Crippen molar-refractivity contribution in [2.75, 3.05) is 25.1 Å². The molecule has 2 N–H and O–H groups in total. The highest BCUT2D eigenvalue weighted by atomic mass is 16.5. The number of carbonyl (C=O) groups is 3. The van der Waals surface area contributed by atoms with Crippen molar-refractivity contribution in [1.82, 2.24) is 5.32 Å². The summed E-state index contributed by atoms with van der Waals surface area (Å²) in [6.45, 7) is 2.39. The van der Waals surface area contributed by atoms with E-state index in [1.807, 2.05) is 30.3 Å². The Hall–Kier alpha value is -4.13. The van der Waals surface area contributed by atoms with Gasteiger partial charge in [-0.2, -0.15) is 0 Å². The van der Waals surface area contributed by atoms with Crippen LogP contribution in [0.2, 0.25) is 0 Å². The summed E-state index contributed by atoms with van der Waals surface area (Å²) in [5, 5.41) is 5.59. The molecule has 0 radical (unpaired) electrons. The number of benzene rings is 3. The van der Waals surface area contributed by atoms with Gasteiger partial charge in [-0.25, -0.2) is 4.79 Å². The van der Waals surface area contributed by atoms with Gasteiger partial charge in [-0.15, -0.1) is 0 Å². The zero-order valence-corrected chi connectivity index (χ0v) is 18.4. The van der Waals surface area contributed by atoms with E-state index >= 15 is 0 Å². The van der Waals surface area contributed by atoms with Gasteiger partial charge in [0, 0.05) is 17.8 Å². The van der Waals surface area contributed by atoms with E-state index in [0.717, 1.165) is 12.0 Å². The molecule has 7 heteroatoms. The number of anilines is 1. The highest BCUT2D eigenvalue weighted by Crippen LogP contribution is 2.14. The van der Waals surface area contributed by atoms with E-state index < -0.39 is 5.97 Å². The first-order chi connectivity index (χ1) is 16.0. The zero-order valence-electron chi connectivity index (χ0n) is 18.4. The Morgan fingerprint density at radius 1 is 0.818 bits per heavy atom. The van der Waals surface area contributed by atoms with Gasteiger partial charge in [-0.1, -0.05) is 30.3 Å². The van der Waals surface area contributed by atoms with E-state index in [-0.39, 0.29) is 18.4 Å². The molecule has 0 aliphatic carbocycles. The minimum Gasteiger partial charge on any atom is -0.484 e. The molecule has 0 saturated heterocycles. The molecule has 3 aromatic carbocycles. The predicted molar refractivity (Wildman–Crippen MR) is 125 cm³/mol. The lowest BCUT2D eigenvalue weighted by atomic mass is 10.1. The summed E-state index contributed by atoms with van der Waals surface area (Å²) in [4.78, 5) is 36.1. The van der Waals surface area contributed by atoms with Gasteiger partial charge in [0.1, 0.15) is 5.75 Å². The molecule has 3 aromatic rings. The van der Waals surface area contributed by atoms with Crippen molar-refractivity contribution in [3.63, 3.8) is 0 Å². The summed E-state index contributed by atoms with van der Waals surface area (Å²) in [6.07, 6.45) is 0.758. The second-order valence-electron chi connectivity index (χ2n) is 7.15. The molecule has 7 nitrogen and oxygen atoms in total. The van der Waals surface area contributed by atoms with Crippen molar-refractivity contribution in [2.45, 2.75) is 13.3 Å². The second-order valence-corrected chi connectivity index (χ2v) is 7.15. The number of ether oxygens (including phenoxy) is 2. The first-order valence-corrected chi connectivity index (χ1v) is 10.7. The molecule has 0 aromatic heterocycles. The second kappa shape index (κ2) is 12.0. The maximum atomic E-state index is 12.3. The summed E-state index contributed by atoms with van der Waals surface area (Å²) in [5.74, 6) is -0.446. The van der Waals surface area contributed by atoms with Crippen LogP contribution in [0.25, 0.3) is 0 Å². The third-order valence-electron chi connectivity index (χ3n) is 4.71. The van der Waals surface area contributed by atoms with Crippen molar-refractivity contribution in [1.29, 1.82) is 0 Å². The average molecular weight is 447 g/mol. The Balaban J connectivity index is 1.41. The molecule has 0 unspecified atom stereocenters. The number of hydrogen-bond acceptors (Lipinski definition) is 5. The summed E-state index contributed by atoms with van der Waals surface area (Å²) in [7, 11) is 0. The van der Waals surface area contributed by atoms with Crippen LogP contribution in [-0.2, 0) is 16.0 Å². The molecule has 0 aliphatic rings. The van der Waals surface area contributed by atoms with Crippen LogP contribution in [0.5, 0.6) is 5.75 Å². The number of amides is 2. The Kier molecular flexibility index (Phi) is 8.59. The van der Waals surface area contributed by atoms with Crippen LogP contribution in [0.15, 0.2) is 78.9 Å². The van der Waals surface area contributed by atoms with Crippen LogP contribution in [-0.4, -0.2) is 37.5 Å². The van der Waals surface area contributed by atoms with Crippen LogP contribution in [0.3, 0.4) is 0 Å². The van der Waals surface area contributed by atoms with Crippen LogP contribution >= 0.6 is 0 Å². The molecular formula is C26H26N2O5. The molecule has 0 saturated carbocycles. The molecule has 0 fully saturated rings. The molecule has 0 spiro atoms. The van der Waals surface area contributed by atoms with Gasteiger partial charge in [-0.3, -0.25) is 9.59 Å². The maximum absolute atomic E-state index is 12.3. The topological polar surface area (TPSA) is 93.7 Å². The Morgan fingerprint density at radius 2 is 1.48 bits per heavy atom. The van der Waals surface area contributed by atoms with Crippen molar-refractivity contribution < 1.29 is 23.9 Å². The van der Waals surface area contributed by atoms with Crippen LogP contribution in [0.1, 0.15) is 33.2 Å². The van der Waals surface area contributed by atoms with E-state index in [1.54, 1.807) is 55.5 Å². The van der Waals surface area contributed by atoms with Crippen molar-refractivity contribution in [3.05, 3.63) is 95.6 Å². The van der Waals surface area contributed by atoms with E-state index in [1.165, 1.54) is 0 Å². The minimum atomic E-state index is -0.410. The number of hydrogen-bond donors (Lipinski definition) is 2. The lowest BCUT2D eigenvalue weighted by Crippen LogP contribution is -2.25. The van der Waals surface area contributed by atoms with E-state index in [4.69, 9.17) is 9.47 Å². The van der Waals surface area contributed by atoms with Crippen LogP contribution in [0.4, 0.5) is 5.69 Å². The third-order valence-corrected chi connectivity index (χ3v) is 4.71. The summed E-state index contributed by atoms with van der Waals surface area (Å²) >= 11 is 0. The van der Waals surface area contributed by atoms with Crippen molar-refractivity contribution in [3.8, 4) is 5.75 Å². The van der Waals surface area contributed by atoms with Crippen molar-refractivity contribution >= 4 is 23.5 Å². The lowest BCUT2D eigenvalue weighted by molar-refractivity contribution is -0.118. The van der Waals surface area contributed by atoms with E-state index in [0.29, 0.717) is 35.7 Å². The van der Waals surface area contributed by atoms with Gasteiger partial charge in [0.15, 0.2) is 6.61 Å². The Labute approximate surface area is 192 Å². The summed E-state index contributed by atoms with van der Waals surface area (Å²) < 4.78 is 10.4. The number of carbonyl (C=O) groups excluding carboxylic acids is 3. The fraction of sp³-hybridized carbons (Fsp3) is 0.192. The SMILES string of the molecule is CCOC(=O)c1ccc(NC(=O)COc2ccc(C(=O)NCCc3ccccc3)cc2)cc1. The smallest absolute Gasteiger partial charge is 0.338 e. The zero-order chi connectivity index (χ0) is 23.5. The maximum Gasteiger partial charge on any atom is 0.338 e. The molecule has 0 bridgehead atoms. The first-order valence-electron chi connectivity index (χ1n) is 10.7. The van der Waals surface area contributed by atoms with Gasteiger partial charge in [0.2, 0.25) is 0 Å². The largest absolute Gasteiger partial charge is 0.484 e. The fourth-order valence-corrected chi connectivity index (χ4v) is 3.02. The molecule has 0 heterocycles. The van der Waals surface area contributed by atoms with Gasteiger partial charge in [0.05, 0.1) is 12.2 Å². The van der Waals surface area contributed by atoms with Gasteiger partial charge >= 0.3 is 5.97 Å². The molecule has 2 amide bonds. The number of esters is 1. The quantitative estimate of drug-likeness (QED) is 0.462. The highest BCUT2D eigenvalue weighted by molar-refractivity contribution is 5.95. The number of rotatable bonds is 10. The van der Waals surface area contributed by atoms with Gasteiger partial charge in [-0.05, 0) is 67.4 Å². The number of nitrogens with one attached hydrogen (secondary N) is 2. The van der Waals surface area contributed by atoms with Crippen molar-refractivity contribution in [2.24, 2.45) is 0 Å². The standard InChI is InChI=1S/C26H26N2O5/c1-2-32-26(31)21-8-12-22(13-9-21)28-24(29)18-33-23-14-10-20(11-15-23)25(30)27-17-16-19-6-4-3-5-7-19/h3-15H,2,16-18H2,1H3,(H,27,30)(H,28,29). The summed E-state index contributed by atoms with van der Waals surface area (Å²) in [5.41, 5.74) is 2.63. The van der Waals surface area contributed by atoms with E-state index in [9.17, 15) is 14.4 Å². The predicted octanol–water partition coefficient (Wildman–Crippen LogP) is 3.85. The average Bonchev–Trinajstić information content (AvgIpc) is 2.84. The molecule has 0 atom stereocenters. The highest BCUT2D eigenvalue weighted by Gasteiger charge is 2.09. The van der Waals surface area contributed by atoms with E-state index in [2.05, 4.69) is 10.6 Å². The lowest BCUT2D eigenvalue weighted by Gasteiger charge is -2.09. The molecule has 3 rings (SSSR count). The molecule has 170 valence electrons. The normalized spacial score (nSPS) is 10.2. The first kappa shape index (κ1) is 23.5.